The van der Waals surface area contributed by atoms with Crippen LogP contribution in [-0.4, -0.2) is 91.9 Å². The molecule has 0 spiro atoms. The van der Waals surface area contributed by atoms with E-state index in [-0.39, 0.29) is 49.5 Å². The molecule has 2 heterocycles. The number of hydrogen-bond donors (Lipinski definition) is 4. The Morgan fingerprint density at radius 1 is 1.03 bits per heavy atom. The summed E-state index contributed by atoms with van der Waals surface area (Å²) in [5.41, 5.74) is 7.05. The second-order valence-electron chi connectivity index (χ2n) is 8.70. The normalized spacial score (nSPS) is 20.2. The number of amides is 3. The molecule has 2 fully saturated rings. The van der Waals surface area contributed by atoms with Crippen LogP contribution in [0.25, 0.3) is 0 Å². The van der Waals surface area contributed by atoms with E-state index in [1.54, 1.807) is 24.3 Å². The number of nitrogen functional groups attached to an aromatic ring is 1. The van der Waals surface area contributed by atoms with Crippen molar-refractivity contribution in [3.05, 3.63) is 59.7 Å². The number of benzene rings is 2. The molecule has 0 aromatic heterocycles. The maximum absolute atomic E-state index is 13.1. The highest BCUT2D eigenvalue weighted by molar-refractivity contribution is 7.91. The quantitative estimate of drug-likeness (QED) is 0.287. The summed E-state index contributed by atoms with van der Waals surface area (Å²) >= 11 is 0. The van der Waals surface area contributed by atoms with E-state index in [1.165, 1.54) is 34.1 Å². The summed E-state index contributed by atoms with van der Waals surface area (Å²) in [5.74, 6) is -2.00. The number of nitrogens with two attached hydrogens (primary N) is 1. The minimum atomic E-state index is -3.11. The zero-order valence-corrected chi connectivity index (χ0v) is 20.6. The highest BCUT2D eigenvalue weighted by Gasteiger charge is 2.39. The summed E-state index contributed by atoms with van der Waals surface area (Å²) in [6.07, 6.45) is -3.21. The second-order valence-corrected chi connectivity index (χ2v) is 11.0. The van der Waals surface area contributed by atoms with Gasteiger partial charge in [0.2, 0.25) is 0 Å². The number of carbonyl (C=O) groups is 3. The predicted molar refractivity (Wildman–Crippen MR) is 135 cm³/mol. The van der Waals surface area contributed by atoms with E-state index in [0.717, 1.165) is 0 Å². The van der Waals surface area contributed by atoms with Crippen molar-refractivity contribution in [1.29, 1.82) is 5.41 Å². The number of rotatable bonds is 6. The molecule has 2 aromatic carbocycles. The van der Waals surface area contributed by atoms with Crippen molar-refractivity contribution < 1.29 is 32.6 Å². The highest BCUT2D eigenvalue weighted by atomic mass is 32.2. The standard InChI is InChI=1S/C24H27N5O7S/c25-21(26)15-1-5-17(6-2-15)27-22(31)19(30)20-24(33)29(9-12-36-20)18-7-3-16(4-8-18)23(32)28-10-13-37(34,35)14-11-28/h1-8,19-20,30H,9-14H2,(H3,25,26)(H,27,31)/t19-,20-/m1/s1. The first-order valence-electron chi connectivity index (χ1n) is 11.5. The number of nitrogens with one attached hydrogen (secondary N) is 2. The third kappa shape index (κ3) is 5.96. The Morgan fingerprint density at radius 2 is 1.62 bits per heavy atom. The van der Waals surface area contributed by atoms with E-state index < -0.39 is 33.9 Å². The largest absolute Gasteiger partial charge is 0.384 e. The molecule has 12 nitrogen and oxygen atoms in total. The van der Waals surface area contributed by atoms with Crippen LogP contribution in [0.3, 0.4) is 0 Å². The molecule has 13 heteroatoms. The Balaban J connectivity index is 1.39. The maximum Gasteiger partial charge on any atom is 0.259 e. The zero-order chi connectivity index (χ0) is 26.7. The predicted octanol–water partition coefficient (Wildman–Crippen LogP) is -0.427. The van der Waals surface area contributed by atoms with Crippen LogP contribution in [0.2, 0.25) is 0 Å². The third-order valence-corrected chi connectivity index (χ3v) is 7.81. The average Bonchev–Trinajstić information content (AvgIpc) is 2.88. The monoisotopic (exact) mass is 529 g/mol. The fourth-order valence-electron chi connectivity index (χ4n) is 4.06. The van der Waals surface area contributed by atoms with Gasteiger partial charge in [-0.15, -0.1) is 0 Å². The second kappa shape index (κ2) is 10.7. The molecule has 2 aromatic rings. The minimum Gasteiger partial charge on any atom is -0.384 e. The Bertz CT molecular complexity index is 1300. The van der Waals surface area contributed by atoms with Gasteiger partial charge in [-0.1, -0.05) is 0 Å². The van der Waals surface area contributed by atoms with Gasteiger partial charge in [-0.05, 0) is 48.5 Å². The number of ether oxygens (including phenoxy) is 1. The van der Waals surface area contributed by atoms with E-state index in [1.807, 2.05) is 0 Å². The number of aliphatic hydroxyl groups is 1. The zero-order valence-electron chi connectivity index (χ0n) is 19.8. The number of amidine groups is 1. The third-order valence-electron chi connectivity index (χ3n) is 6.20. The number of nitrogens with zero attached hydrogens (tertiary/aromatic N) is 2. The van der Waals surface area contributed by atoms with Gasteiger partial charge in [-0.3, -0.25) is 19.8 Å². The lowest BCUT2D eigenvalue weighted by molar-refractivity contribution is -0.150. The molecular weight excluding hydrogens is 502 g/mol. The number of carbonyl (C=O) groups excluding carboxylic acids is 3. The van der Waals surface area contributed by atoms with Crippen LogP contribution in [0.15, 0.2) is 48.5 Å². The average molecular weight is 530 g/mol. The van der Waals surface area contributed by atoms with Crippen molar-refractivity contribution >= 4 is 44.8 Å². The van der Waals surface area contributed by atoms with Crippen LogP contribution in [0.5, 0.6) is 0 Å². The highest BCUT2D eigenvalue weighted by Crippen LogP contribution is 2.22. The first-order chi connectivity index (χ1) is 17.6. The lowest BCUT2D eigenvalue weighted by atomic mass is 10.1. The topological polar surface area (TPSA) is 183 Å². The van der Waals surface area contributed by atoms with Gasteiger partial charge in [0.1, 0.15) is 5.84 Å². The fraction of sp³-hybridized carbons (Fsp3) is 0.333. The molecule has 2 saturated heterocycles. The molecule has 0 aliphatic carbocycles. The van der Waals surface area contributed by atoms with Crippen molar-refractivity contribution in [2.24, 2.45) is 5.73 Å². The molecule has 196 valence electrons. The van der Waals surface area contributed by atoms with Gasteiger partial charge in [0.05, 0.1) is 18.1 Å². The van der Waals surface area contributed by atoms with Gasteiger partial charge >= 0.3 is 0 Å². The number of hydrogen-bond acceptors (Lipinski definition) is 8. The van der Waals surface area contributed by atoms with Gasteiger partial charge in [0.15, 0.2) is 22.0 Å². The molecule has 0 unspecified atom stereocenters. The maximum atomic E-state index is 13.1. The van der Waals surface area contributed by atoms with Crippen molar-refractivity contribution in [2.45, 2.75) is 12.2 Å². The minimum absolute atomic E-state index is 0.0693. The van der Waals surface area contributed by atoms with Gasteiger partial charge < -0.3 is 30.7 Å². The SMILES string of the molecule is N=C(N)c1ccc(NC(=O)[C@H](O)[C@H]2OCCN(c3ccc(C(=O)N4CCS(=O)(=O)CC4)cc3)C2=O)cc1. The summed E-state index contributed by atoms with van der Waals surface area (Å²) < 4.78 is 28.6. The number of morpholine rings is 1. The first kappa shape index (κ1) is 26.3. The molecule has 2 aliphatic rings. The Kier molecular flexibility index (Phi) is 7.57. The summed E-state index contributed by atoms with van der Waals surface area (Å²) in [6, 6.07) is 12.4. The molecular formula is C24H27N5O7S. The van der Waals surface area contributed by atoms with Crippen molar-refractivity contribution in [1.82, 2.24) is 4.90 Å². The van der Waals surface area contributed by atoms with Crippen molar-refractivity contribution in [3.8, 4) is 0 Å². The molecule has 3 amide bonds. The van der Waals surface area contributed by atoms with Gasteiger partial charge in [-0.2, -0.15) is 0 Å². The number of sulfone groups is 1. The van der Waals surface area contributed by atoms with E-state index in [4.69, 9.17) is 15.9 Å². The first-order valence-corrected chi connectivity index (χ1v) is 13.3. The molecule has 0 radical (unpaired) electrons. The molecule has 4 rings (SSSR count). The van der Waals surface area contributed by atoms with Crippen LogP contribution < -0.4 is 16.0 Å². The summed E-state index contributed by atoms with van der Waals surface area (Å²) in [6.45, 7) is 0.533. The van der Waals surface area contributed by atoms with E-state index in [0.29, 0.717) is 22.5 Å². The van der Waals surface area contributed by atoms with Crippen LogP contribution in [0.1, 0.15) is 15.9 Å². The Hall–Kier alpha value is -3.81. The summed E-state index contributed by atoms with van der Waals surface area (Å²) in [7, 11) is -3.11. The summed E-state index contributed by atoms with van der Waals surface area (Å²) in [4.78, 5) is 41.2. The van der Waals surface area contributed by atoms with Crippen LogP contribution in [0, 0.1) is 5.41 Å². The Morgan fingerprint density at radius 3 is 2.22 bits per heavy atom. The van der Waals surface area contributed by atoms with Gasteiger partial charge in [-0.25, -0.2) is 8.42 Å². The Labute approximate surface area is 213 Å². The summed E-state index contributed by atoms with van der Waals surface area (Å²) in [5, 5.41) is 20.5. The molecule has 37 heavy (non-hydrogen) atoms. The smallest absolute Gasteiger partial charge is 0.259 e. The van der Waals surface area contributed by atoms with Gasteiger partial charge in [0, 0.05) is 42.1 Å². The molecule has 5 N–H and O–H groups in total. The van der Waals surface area contributed by atoms with E-state index >= 15 is 0 Å². The van der Waals surface area contributed by atoms with Crippen molar-refractivity contribution in [3.63, 3.8) is 0 Å². The number of anilines is 2. The molecule has 2 atom stereocenters. The molecule has 2 aliphatic heterocycles. The van der Waals surface area contributed by atoms with Gasteiger partial charge in [0.25, 0.3) is 17.7 Å². The van der Waals surface area contributed by atoms with Crippen molar-refractivity contribution in [2.75, 3.05) is 48.0 Å². The van der Waals surface area contributed by atoms with Crippen LogP contribution in [0.4, 0.5) is 11.4 Å². The fourth-order valence-corrected chi connectivity index (χ4v) is 5.26. The molecule has 0 saturated carbocycles. The molecule has 0 bridgehead atoms. The van der Waals surface area contributed by atoms with Crippen LogP contribution in [-0.2, 0) is 24.2 Å². The van der Waals surface area contributed by atoms with E-state index in [9.17, 15) is 27.9 Å². The lowest BCUT2D eigenvalue weighted by Crippen LogP contribution is -2.55. The lowest BCUT2D eigenvalue weighted by Gasteiger charge is -2.34. The number of aliphatic hydroxyl groups excluding tert-OH is 1. The van der Waals surface area contributed by atoms with E-state index in [2.05, 4.69) is 5.32 Å². The van der Waals surface area contributed by atoms with Crippen LogP contribution >= 0.6 is 0 Å².